The highest BCUT2D eigenvalue weighted by atomic mass is 32.2. The molecule has 0 amide bonds. The number of halogens is 1. The van der Waals surface area contributed by atoms with E-state index in [4.69, 9.17) is 5.73 Å². The first-order valence-electron chi connectivity index (χ1n) is 5.78. The van der Waals surface area contributed by atoms with Crippen LogP contribution in [0.5, 0.6) is 0 Å². The predicted molar refractivity (Wildman–Crippen MR) is 76.1 cm³/mol. The van der Waals surface area contributed by atoms with Gasteiger partial charge in [0.25, 0.3) is 0 Å². The Morgan fingerprint density at radius 2 is 1.78 bits per heavy atom. The number of anilines is 1. The van der Waals surface area contributed by atoms with Gasteiger partial charge in [-0.25, -0.2) is 4.39 Å². The third-order valence-electron chi connectivity index (χ3n) is 2.75. The lowest BCUT2D eigenvalue weighted by Gasteiger charge is -2.25. The van der Waals surface area contributed by atoms with Gasteiger partial charge in [-0.2, -0.15) is 0 Å². The van der Waals surface area contributed by atoms with Crippen LogP contribution in [0.2, 0.25) is 0 Å². The van der Waals surface area contributed by atoms with Crippen LogP contribution in [0.15, 0.2) is 53.4 Å². The van der Waals surface area contributed by atoms with Crippen molar-refractivity contribution in [3.8, 4) is 0 Å². The molecule has 0 aliphatic carbocycles. The first-order valence-corrected chi connectivity index (χ1v) is 6.60. The maximum Gasteiger partial charge on any atom is 0.127 e. The van der Waals surface area contributed by atoms with Crippen molar-refractivity contribution in [3.63, 3.8) is 0 Å². The molecule has 2 N–H and O–H groups in total. The maximum atomic E-state index is 13.8. The van der Waals surface area contributed by atoms with Gasteiger partial charge in [-0.05, 0) is 38.1 Å². The Labute approximate surface area is 111 Å². The monoisotopic (exact) mass is 261 g/mol. The molecule has 0 aromatic heterocycles. The highest BCUT2D eigenvalue weighted by Crippen LogP contribution is 2.41. The van der Waals surface area contributed by atoms with Crippen molar-refractivity contribution in [3.05, 3.63) is 59.9 Å². The summed E-state index contributed by atoms with van der Waals surface area (Å²) >= 11 is 1.61. The molecule has 0 aliphatic heterocycles. The Morgan fingerprint density at radius 3 is 2.44 bits per heavy atom. The molecule has 0 radical (unpaired) electrons. The van der Waals surface area contributed by atoms with E-state index in [0.717, 1.165) is 10.6 Å². The quantitative estimate of drug-likeness (QED) is 0.653. The highest BCUT2D eigenvalue weighted by molar-refractivity contribution is 8.00. The fourth-order valence-corrected chi connectivity index (χ4v) is 3.08. The maximum absolute atomic E-state index is 13.8. The lowest BCUT2D eigenvalue weighted by Crippen LogP contribution is -2.13. The molecule has 0 heterocycles. The summed E-state index contributed by atoms with van der Waals surface area (Å²) in [6, 6.07) is 14.6. The lowest BCUT2D eigenvalue weighted by atomic mass is 10.0. The minimum Gasteiger partial charge on any atom is -0.399 e. The summed E-state index contributed by atoms with van der Waals surface area (Å²) in [7, 11) is 0. The van der Waals surface area contributed by atoms with Crippen molar-refractivity contribution in [2.75, 3.05) is 5.73 Å². The molecule has 3 heteroatoms. The van der Waals surface area contributed by atoms with Gasteiger partial charge in [0, 0.05) is 20.9 Å². The smallest absolute Gasteiger partial charge is 0.127 e. The van der Waals surface area contributed by atoms with Gasteiger partial charge in [-0.15, -0.1) is 11.8 Å². The van der Waals surface area contributed by atoms with Gasteiger partial charge >= 0.3 is 0 Å². The van der Waals surface area contributed by atoms with Gasteiger partial charge in [-0.3, -0.25) is 0 Å². The Hall–Kier alpha value is -1.48. The first kappa shape index (κ1) is 13.0. The number of hydrogen-bond donors (Lipinski definition) is 1. The van der Waals surface area contributed by atoms with Crippen LogP contribution in [0.3, 0.4) is 0 Å². The fourth-order valence-electron chi connectivity index (χ4n) is 1.88. The number of nitrogen functional groups attached to an aromatic ring is 1. The predicted octanol–water partition coefficient (Wildman–Crippen LogP) is 4.44. The molecule has 0 unspecified atom stereocenters. The normalized spacial score (nSPS) is 11.5. The van der Waals surface area contributed by atoms with Crippen LogP contribution in [0.4, 0.5) is 10.1 Å². The van der Waals surface area contributed by atoms with E-state index in [1.54, 1.807) is 17.8 Å². The van der Waals surface area contributed by atoms with Crippen LogP contribution in [0, 0.1) is 5.82 Å². The minimum atomic E-state index is -0.334. The third kappa shape index (κ3) is 2.85. The van der Waals surface area contributed by atoms with E-state index < -0.39 is 0 Å². The standard InChI is InChI=1S/C15H16FNS/c1-15(2,13-8-3-4-9-14(13)16)18-12-7-5-6-11(17)10-12/h3-10H,17H2,1-2H3. The SMILES string of the molecule is CC(C)(Sc1cccc(N)c1)c1ccccc1F. The van der Waals surface area contributed by atoms with Crippen LogP contribution in [-0.2, 0) is 4.75 Å². The Morgan fingerprint density at radius 1 is 1.06 bits per heavy atom. The Balaban J connectivity index is 2.30. The molecular formula is C15H16FNS. The van der Waals surface area contributed by atoms with Gasteiger partial charge in [0.05, 0.1) is 0 Å². The summed E-state index contributed by atoms with van der Waals surface area (Å²) in [5.41, 5.74) is 7.19. The molecule has 2 aromatic rings. The molecule has 2 rings (SSSR count). The average Bonchev–Trinajstić information content (AvgIpc) is 2.28. The summed E-state index contributed by atoms with van der Waals surface area (Å²) in [5, 5.41) is 0. The van der Waals surface area contributed by atoms with E-state index in [1.165, 1.54) is 6.07 Å². The van der Waals surface area contributed by atoms with Gasteiger partial charge in [0.1, 0.15) is 5.82 Å². The molecule has 94 valence electrons. The lowest BCUT2D eigenvalue weighted by molar-refractivity contribution is 0.587. The molecule has 0 spiro atoms. The van der Waals surface area contributed by atoms with E-state index in [0.29, 0.717) is 5.56 Å². The van der Waals surface area contributed by atoms with Crippen LogP contribution in [0.1, 0.15) is 19.4 Å². The molecule has 0 fully saturated rings. The third-order valence-corrected chi connectivity index (χ3v) is 3.97. The van der Waals surface area contributed by atoms with Gasteiger partial charge < -0.3 is 5.73 Å². The zero-order valence-corrected chi connectivity index (χ0v) is 11.3. The van der Waals surface area contributed by atoms with Crippen molar-refractivity contribution < 1.29 is 4.39 Å². The molecule has 0 aliphatic rings. The van der Waals surface area contributed by atoms with Crippen LogP contribution < -0.4 is 5.73 Å². The number of benzene rings is 2. The molecule has 0 saturated carbocycles. The van der Waals surface area contributed by atoms with E-state index in [1.807, 2.05) is 50.2 Å². The number of hydrogen-bond acceptors (Lipinski definition) is 2. The fraction of sp³-hybridized carbons (Fsp3) is 0.200. The van der Waals surface area contributed by atoms with Crippen molar-refractivity contribution in [1.29, 1.82) is 0 Å². The van der Waals surface area contributed by atoms with Crippen LogP contribution in [-0.4, -0.2) is 0 Å². The largest absolute Gasteiger partial charge is 0.399 e. The second-order valence-corrected chi connectivity index (χ2v) is 6.36. The summed E-state index contributed by atoms with van der Waals surface area (Å²) in [6.45, 7) is 4.03. The van der Waals surface area contributed by atoms with Crippen molar-refractivity contribution in [1.82, 2.24) is 0 Å². The van der Waals surface area contributed by atoms with Gasteiger partial charge in [0.2, 0.25) is 0 Å². The molecule has 0 bridgehead atoms. The summed E-state index contributed by atoms with van der Waals surface area (Å²) < 4.78 is 13.5. The molecule has 1 nitrogen and oxygen atoms in total. The van der Waals surface area contributed by atoms with Crippen molar-refractivity contribution in [2.45, 2.75) is 23.5 Å². The van der Waals surface area contributed by atoms with Crippen LogP contribution in [0.25, 0.3) is 0 Å². The van der Waals surface area contributed by atoms with Gasteiger partial charge in [-0.1, -0.05) is 24.3 Å². The summed E-state index contributed by atoms with van der Waals surface area (Å²) in [5.74, 6) is -0.168. The number of nitrogens with two attached hydrogens (primary N) is 1. The van der Waals surface area contributed by atoms with E-state index >= 15 is 0 Å². The van der Waals surface area contributed by atoms with Gasteiger partial charge in [0.15, 0.2) is 0 Å². The number of rotatable bonds is 3. The molecule has 2 aromatic carbocycles. The minimum absolute atomic E-state index is 0.168. The van der Waals surface area contributed by atoms with Crippen LogP contribution >= 0.6 is 11.8 Å². The Kier molecular flexibility index (Phi) is 3.62. The highest BCUT2D eigenvalue weighted by Gasteiger charge is 2.25. The van der Waals surface area contributed by atoms with E-state index in [2.05, 4.69) is 0 Å². The summed E-state index contributed by atoms with van der Waals surface area (Å²) in [6.07, 6.45) is 0. The van der Waals surface area contributed by atoms with Crippen molar-refractivity contribution in [2.24, 2.45) is 0 Å². The summed E-state index contributed by atoms with van der Waals surface area (Å²) in [4.78, 5) is 1.04. The van der Waals surface area contributed by atoms with E-state index in [-0.39, 0.29) is 10.6 Å². The topological polar surface area (TPSA) is 26.0 Å². The second-order valence-electron chi connectivity index (χ2n) is 4.66. The molecule has 0 saturated heterocycles. The Bertz CT molecular complexity index is 552. The van der Waals surface area contributed by atoms with E-state index in [9.17, 15) is 4.39 Å². The number of thioether (sulfide) groups is 1. The zero-order valence-electron chi connectivity index (χ0n) is 10.5. The second kappa shape index (κ2) is 5.02. The van der Waals surface area contributed by atoms with Crippen molar-refractivity contribution >= 4 is 17.4 Å². The molecular weight excluding hydrogens is 245 g/mol. The zero-order chi connectivity index (χ0) is 13.2. The molecule has 18 heavy (non-hydrogen) atoms. The molecule has 0 atom stereocenters. The first-order chi connectivity index (χ1) is 8.49. The average molecular weight is 261 g/mol.